The smallest absolute Gasteiger partial charge is 0.183 e. The Hall–Kier alpha value is -10.5. The molecular weight excluding hydrogens is 1760 g/mol. The van der Waals surface area contributed by atoms with Gasteiger partial charge in [-0.25, -0.2) is 37.5 Å². The number of allylic oxidation sites excluding steroid dienone is 12. The molecule has 4 aliphatic rings. The van der Waals surface area contributed by atoms with E-state index in [0.29, 0.717) is 137 Å². The highest BCUT2D eigenvalue weighted by Crippen LogP contribution is 2.43. The molecular formula is C100H116Cl2F4N8O12Si4. The summed E-state index contributed by atoms with van der Waals surface area (Å²) in [5.74, 6) is 3.11. The molecule has 0 unspecified atom stereocenters. The molecule has 10 aromatic rings. The Morgan fingerprint density at radius 1 is 0.538 bits per heavy atom. The summed E-state index contributed by atoms with van der Waals surface area (Å²) in [5, 5.41) is 11.8. The van der Waals surface area contributed by atoms with Crippen LogP contribution in [-0.2, 0) is 45.2 Å². The van der Waals surface area contributed by atoms with E-state index in [-0.39, 0.29) is 52.2 Å². The summed E-state index contributed by atoms with van der Waals surface area (Å²) in [6, 6.07) is 41.4. The van der Waals surface area contributed by atoms with E-state index in [1.807, 2.05) is 135 Å². The first kappa shape index (κ1) is 100. The summed E-state index contributed by atoms with van der Waals surface area (Å²) >= 11 is 12.4. The summed E-state index contributed by atoms with van der Waals surface area (Å²) in [6.45, 7) is 29.9. The van der Waals surface area contributed by atoms with E-state index in [9.17, 15) is 55.9 Å². The maximum absolute atomic E-state index is 13.8. The van der Waals surface area contributed by atoms with Crippen LogP contribution in [0.1, 0.15) is 113 Å². The summed E-state index contributed by atoms with van der Waals surface area (Å²) in [7, 11) is -6.80. The van der Waals surface area contributed by atoms with Crippen LogP contribution in [0.25, 0.3) is 44.3 Å². The molecule has 0 atom stereocenters. The summed E-state index contributed by atoms with van der Waals surface area (Å²) < 4.78 is 77.5. The van der Waals surface area contributed by atoms with Gasteiger partial charge in [-0.3, -0.25) is 19.2 Å². The number of ether oxygens (including phenoxy) is 3. The van der Waals surface area contributed by atoms with E-state index in [1.165, 1.54) is 61.2 Å². The number of hydrogen-bond acceptors (Lipinski definition) is 20. The molecule has 30 heteroatoms. The molecule has 0 amide bonds. The fraction of sp³-hybridized carbons (Fsp3) is 0.340. The van der Waals surface area contributed by atoms with Crippen LogP contribution in [0.5, 0.6) is 17.2 Å². The monoisotopic (exact) mass is 1880 g/mol. The van der Waals surface area contributed by atoms with Crippen LogP contribution in [-0.4, -0.2) is 140 Å². The zero-order chi connectivity index (χ0) is 94.1. The lowest BCUT2D eigenvalue weighted by Crippen LogP contribution is -2.34. The third-order valence-electron chi connectivity index (χ3n) is 22.8. The Labute approximate surface area is 772 Å². The van der Waals surface area contributed by atoms with Gasteiger partial charge in [0.25, 0.3) is 0 Å². The first-order valence-electron chi connectivity index (χ1n) is 43.8. The number of carbonyl (C=O) groups excluding carboxylic acids is 4. The predicted molar refractivity (Wildman–Crippen MR) is 520 cm³/mol. The van der Waals surface area contributed by atoms with Gasteiger partial charge in [-0.15, -0.1) is 0 Å². The largest absolute Gasteiger partial charge is 0.493 e. The van der Waals surface area contributed by atoms with Crippen LogP contribution in [0.2, 0.25) is 86.6 Å². The number of aromatic nitrogens is 4. The third kappa shape index (κ3) is 28.3. The average Bonchev–Trinajstić information content (AvgIpc) is 1.57. The van der Waals surface area contributed by atoms with Gasteiger partial charge in [0.1, 0.15) is 71.4 Å². The molecule has 0 radical (unpaired) electrons. The zero-order valence-corrected chi connectivity index (χ0v) is 81.8. The topological polar surface area (TPSA) is 281 Å². The van der Waals surface area contributed by atoms with Gasteiger partial charge in [-0.2, -0.15) is 0 Å². The number of benzene rings is 7. The Bertz CT molecular complexity index is 6070. The number of ketones is 4. The predicted octanol–water partition coefficient (Wildman–Crippen LogP) is 22.6. The number of carbonyl (C=O) groups is 4. The summed E-state index contributed by atoms with van der Waals surface area (Å²) in [5.41, 5.74) is 15.9. The molecule has 0 saturated heterocycles. The number of nitrogens with one attached hydrogen (secondary N) is 3. The molecule has 20 nitrogen and oxygen atoms in total. The molecule has 0 fully saturated rings. The Morgan fingerprint density at radius 2 is 1.08 bits per heavy atom. The molecule has 7 N–H and O–H groups in total. The van der Waals surface area contributed by atoms with Gasteiger partial charge in [0, 0.05) is 81.8 Å². The van der Waals surface area contributed by atoms with E-state index in [4.69, 9.17) is 41.8 Å². The molecule has 14 rings (SSSR count). The third-order valence-corrected chi connectivity index (χ3v) is 29.5. The summed E-state index contributed by atoms with van der Waals surface area (Å²) in [4.78, 5) is 111. The van der Waals surface area contributed by atoms with Gasteiger partial charge >= 0.3 is 0 Å². The molecule has 0 bridgehead atoms. The lowest BCUT2D eigenvalue weighted by atomic mass is 9.98. The van der Waals surface area contributed by atoms with E-state index in [1.54, 1.807) is 55.6 Å². The first-order valence-corrected chi connectivity index (χ1v) is 57.2. The number of methoxy groups -OCH3 is 1. The molecule has 3 heterocycles. The minimum atomic E-state index is -2.14. The number of hydrogen-bond donors (Lipinski definition) is 7. The number of anilines is 4. The highest BCUT2D eigenvalue weighted by Gasteiger charge is 2.32. The van der Waals surface area contributed by atoms with Crippen molar-refractivity contribution in [1.29, 1.82) is 0 Å². The van der Waals surface area contributed by atoms with E-state index in [2.05, 4.69) is 47.7 Å². The molecule has 3 aromatic heterocycles. The Balaban J connectivity index is 0.000000169. The molecule has 7 aromatic carbocycles. The SMILES string of the molecule is CC1=C(C(=O)CCC[Si](C)(C)O)C(C)=C(/C=C2\C(=O)Cc3ccc(F)cc32)C1.CCN(CCCC(=O)C1=C(C)CC(/C=C2\C(=O)Cc3ccc(F)cc32)=C1C)CC[Si](C)(C)O.COc1cc2ncnc(Nc3ccc(F)c(Cl)c3)c2cc1OCCC[Si](C)(C)O.C[Si](C)(O)CCNCc1ccc(-c2ccc3ncnc(Nc4ccc(OCc5cccc(F)c5)c(Cl)c4)c3c2)o1. The number of fused-ring (bicyclic) bond motifs is 4. The molecule has 4 aliphatic carbocycles. The van der Waals surface area contributed by atoms with E-state index < -0.39 is 39.1 Å². The minimum Gasteiger partial charge on any atom is -0.493 e. The number of Topliss-reactive ketones (excluding diaryl/α,β-unsaturated/α-hetero) is 4. The van der Waals surface area contributed by atoms with Crippen molar-refractivity contribution in [2.45, 2.75) is 182 Å². The fourth-order valence-corrected chi connectivity index (χ4v) is 20.0. The van der Waals surface area contributed by atoms with Crippen molar-refractivity contribution in [3.63, 3.8) is 0 Å². The Morgan fingerprint density at radius 3 is 1.64 bits per heavy atom. The van der Waals surface area contributed by atoms with E-state index >= 15 is 0 Å². The van der Waals surface area contributed by atoms with Crippen molar-refractivity contribution in [3.05, 3.63) is 276 Å². The molecule has 0 aliphatic heterocycles. The fourth-order valence-electron chi connectivity index (χ4n) is 15.8. The second-order valence-corrected chi connectivity index (χ2v) is 53.2. The van der Waals surface area contributed by atoms with Crippen LogP contribution in [0.15, 0.2) is 213 Å². The van der Waals surface area contributed by atoms with Gasteiger partial charge in [-0.1, -0.05) is 65.5 Å². The highest BCUT2D eigenvalue weighted by atomic mass is 35.5. The van der Waals surface area contributed by atoms with Crippen LogP contribution in [0.4, 0.5) is 40.6 Å². The number of nitrogens with zero attached hydrogens (tertiary/aromatic N) is 5. The second kappa shape index (κ2) is 44.6. The normalized spacial score (nSPS) is 14.6. The van der Waals surface area contributed by atoms with Crippen molar-refractivity contribution in [2.75, 3.05) is 50.5 Å². The zero-order valence-electron chi connectivity index (χ0n) is 76.3. The van der Waals surface area contributed by atoms with Crippen LogP contribution in [0.3, 0.4) is 0 Å². The first-order chi connectivity index (χ1) is 61.6. The number of halogens is 6. The average molecular weight is 1880 g/mol. The summed E-state index contributed by atoms with van der Waals surface area (Å²) in [6.07, 6.45) is 11.7. The van der Waals surface area contributed by atoms with Crippen LogP contribution >= 0.6 is 23.2 Å². The van der Waals surface area contributed by atoms with E-state index in [0.717, 1.165) is 152 Å². The molecule has 130 heavy (non-hydrogen) atoms. The van der Waals surface area contributed by atoms with Crippen molar-refractivity contribution in [3.8, 4) is 28.6 Å². The van der Waals surface area contributed by atoms with Crippen LogP contribution < -0.4 is 30.2 Å². The molecule has 0 saturated carbocycles. The quantitative estimate of drug-likeness (QED) is 0.00841. The van der Waals surface area contributed by atoms with Crippen LogP contribution in [0, 0.1) is 23.3 Å². The lowest BCUT2D eigenvalue weighted by Gasteiger charge is -2.23. The van der Waals surface area contributed by atoms with Gasteiger partial charge < -0.3 is 58.7 Å². The van der Waals surface area contributed by atoms with Gasteiger partial charge in [0.2, 0.25) is 0 Å². The number of furan rings is 1. The Kier molecular flexibility index (Phi) is 34.4. The highest BCUT2D eigenvalue weighted by molar-refractivity contribution is 6.70. The maximum atomic E-state index is 13.8. The number of rotatable bonds is 35. The molecule has 0 spiro atoms. The van der Waals surface area contributed by atoms with Crippen molar-refractivity contribution < 1.29 is 74.6 Å². The standard InChI is InChI=1S/C30H30ClFN4O3Si.C27H36FNO3Si.C23H27FO3Si.C20H23ClFN3O3Si/c1-40(2,37)13-12-33-17-24-8-11-28(39-24)21-6-9-27-25(15-21)30(35-19-34-27)36-23-7-10-29(26(31)16-23)38-18-20-4-3-5-22(32)14-20;1-6-29(12-13-33(4,5)32)11-7-8-25(30)27-18(2)14-21(19(27)3)15-24-23-17-22(28)10-9-20(23)16-26(24)31;1-14-10-17(15(2)23(14)21(25)6-5-9-28(3,4)27)11-20-19-13-18(24)8-7-16(19)12-22(20)26;1-27-18-11-17-14(10-19(18)28-7-4-8-29(2,3)26)20(24-12-23-17)25-13-5-6-16(22)15(21)9-13/h3-11,14-16,19,33,37H,12-13,17-18H2,1-2H3,(H,34,35,36);9-10,15,17,32H,6-8,11-14,16H2,1-5H3;7-8,11,13,27H,5-6,9-10,12H2,1-4H3;5-6,9-12,26H,4,7-8H2,1-3H3,(H,23,24,25)/b;24-15-;20-11-;. The van der Waals surface area contributed by atoms with Crippen molar-refractivity contribution in [1.82, 2.24) is 30.2 Å². The van der Waals surface area contributed by atoms with Gasteiger partial charge in [-0.05, 0) is 334 Å². The second-order valence-electron chi connectivity index (χ2n) is 35.9. The van der Waals surface area contributed by atoms with Crippen molar-refractivity contribution in [2.24, 2.45) is 0 Å². The minimum absolute atomic E-state index is 0.00195. The maximum Gasteiger partial charge on any atom is 0.183 e. The lowest BCUT2D eigenvalue weighted by molar-refractivity contribution is -0.116. The van der Waals surface area contributed by atoms with Gasteiger partial charge in [0.05, 0.1) is 41.3 Å². The molecule has 686 valence electrons. The van der Waals surface area contributed by atoms with Gasteiger partial charge in [0.15, 0.2) is 67.9 Å². The van der Waals surface area contributed by atoms with Crippen molar-refractivity contribution >= 4 is 136 Å².